The van der Waals surface area contributed by atoms with Gasteiger partial charge in [0.1, 0.15) is 24.4 Å². The lowest BCUT2D eigenvalue weighted by molar-refractivity contribution is -0.277. The highest BCUT2D eigenvalue weighted by atomic mass is 16.7. The second-order valence-electron chi connectivity index (χ2n) is 8.15. The van der Waals surface area contributed by atoms with Crippen molar-refractivity contribution in [3.05, 3.63) is 29.3 Å². The van der Waals surface area contributed by atoms with Gasteiger partial charge in [0, 0.05) is 5.56 Å². The zero-order valence-electron chi connectivity index (χ0n) is 19.5. The SMILES string of the molecule is COc1cc2c(cc1O[C@@H]1O[C@H](CO)[C@H](O)[C@H](O)[C@@H]1O)CCc1cc(OC)c(OC)c(OC)c1-2. The van der Waals surface area contributed by atoms with Crippen molar-refractivity contribution in [2.75, 3.05) is 35.0 Å². The highest BCUT2D eigenvalue weighted by Crippen LogP contribution is 2.51. The van der Waals surface area contributed by atoms with Gasteiger partial charge in [0.2, 0.25) is 12.0 Å². The second kappa shape index (κ2) is 9.85. The fourth-order valence-corrected chi connectivity index (χ4v) is 4.55. The second-order valence-corrected chi connectivity index (χ2v) is 8.15. The van der Waals surface area contributed by atoms with Gasteiger partial charge in [0.05, 0.1) is 35.0 Å². The maximum absolute atomic E-state index is 10.4. The standard InChI is InChI=1S/C24H30O10/c1-29-14-9-13-11(5-6-12-8-16(30-2)22(31-3)23(32-4)18(12)13)7-15(14)33-24-21(28)20(27)19(26)17(10-25)34-24/h7-9,17,19-21,24-28H,5-6,10H2,1-4H3/t17-,19+,20+,21+,24-/m1/s1. The van der Waals surface area contributed by atoms with Crippen LogP contribution in [0.2, 0.25) is 0 Å². The number of aliphatic hydroxyl groups is 4. The summed E-state index contributed by atoms with van der Waals surface area (Å²) < 4.78 is 33.7. The lowest BCUT2D eigenvalue weighted by Gasteiger charge is -2.39. The first-order valence-electron chi connectivity index (χ1n) is 10.9. The van der Waals surface area contributed by atoms with Crippen LogP contribution in [0.4, 0.5) is 0 Å². The first kappa shape index (κ1) is 24.4. The van der Waals surface area contributed by atoms with Crippen molar-refractivity contribution in [1.82, 2.24) is 0 Å². The van der Waals surface area contributed by atoms with E-state index in [1.54, 1.807) is 33.5 Å². The van der Waals surface area contributed by atoms with Crippen molar-refractivity contribution in [2.45, 2.75) is 43.5 Å². The summed E-state index contributed by atoms with van der Waals surface area (Å²) in [6.07, 6.45) is -5.54. The first-order valence-corrected chi connectivity index (χ1v) is 10.9. The third-order valence-corrected chi connectivity index (χ3v) is 6.33. The van der Waals surface area contributed by atoms with Gasteiger partial charge < -0.3 is 48.8 Å². The number of methoxy groups -OCH3 is 4. The molecular weight excluding hydrogens is 448 g/mol. The Morgan fingerprint density at radius 2 is 1.41 bits per heavy atom. The van der Waals surface area contributed by atoms with Crippen LogP contribution in [0.3, 0.4) is 0 Å². The quantitative estimate of drug-likeness (QED) is 0.449. The molecule has 34 heavy (non-hydrogen) atoms. The van der Waals surface area contributed by atoms with Crippen LogP contribution < -0.4 is 23.7 Å². The van der Waals surface area contributed by atoms with Crippen LogP contribution in [-0.4, -0.2) is 86.2 Å². The van der Waals surface area contributed by atoms with E-state index in [1.807, 2.05) is 6.07 Å². The molecule has 0 amide bonds. The highest BCUT2D eigenvalue weighted by Gasteiger charge is 2.45. The smallest absolute Gasteiger partial charge is 0.229 e. The largest absolute Gasteiger partial charge is 0.493 e. The van der Waals surface area contributed by atoms with Crippen LogP contribution in [-0.2, 0) is 17.6 Å². The highest BCUT2D eigenvalue weighted by molar-refractivity contribution is 5.84. The molecule has 0 saturated carbocycles. The monoisotopic (exact) mass is 478 g/mol. The van der Waals surface area contributed by atoms with E-state index in [2.05, 4.69) is 0 Å². The van der Waals surface area contributed by atoms with Crippen molar-refractivity contribution in [3.8, 4) is 39.9 Å². The third kappa shape index (κ3) is 4.01. The van der Waals surface area contributed by atoms with Gasteiger partial charge in [-0.3, -0.25) is 0 Å². The number of benzene rings is 2. The molecule has 2 aromatic carbocycles. The minimum absolute atomic E-state index is 0.286. The van der Waals surface area contributed by atoms with Gasteiger partial charge in [-0.25, -0.2) is 0 Å². The van der Waals surface area contributed by atoms with Crippen molar-refractivity contribution in [1.29, 1.82) is 0 Å². The number of aryl methyl sites for hydroxylation is 2. The molecule has 1 aliphatic carbocycles. The van der Waals surface area contributed by atoms with Crippen LogP contribution in [0.1, 0.15) is 11.1 Å². The van der Waals surface area contributed by atoms with Crippen LogP contribution >= 0.6 is 0 Å². The Bertz CT molecular complexity index is 1040. The molecule has 1 saturated heterocycles. The van der Waals surface area contributed by atoms with E-state index in [-0.39, 0.29) is 5.75 Å². The maximum Gasteiger partial charge on any atom is 0.229 e. The van der Waals surface area contributed by atoms with Gasteiger partial charge in [-0.2, -0.15) is 0 Å². The number of hydrogen-bond acceptors (Lipinski definition) is 10. The minimum atomic E-state index is -1.54. The molecule has 10 heteroatoms. The lowest BCUT2D eigenvalue weighted by atomic mass is 9.84. The number of fused-ring (bicyclic) bond motifs is 3. The summed E-state index contributed by atoms with van der Waals surface area (Å²) >= 11 is 0. The molecule has 0 aromatic heterocycles. The fourth-order valence-electron chi connectivity index (χ4n) is 4.55. The first-order chi connectivity index (χ1) is 16.4. The summed E-state index contributed by atoms with van der Waals surface area (Å²) in [7, 11) is 6.18. The van der Waals surface area contributed by atoms with E-state index in [9.17, 15) is 20.4 Å². The average molecular weight is 478 g/mol. The molecule has 2 aromatic rings. The topological polar surface area (TPSA) is 136 Å². The van der Waals surface area contributed by atoms with Gasteiger partial charge >= 0.3 is 0 Å². The van der Waals surface area contributed by atoms with Crippen molar-refractivity contribution in [2.24, 2.45) is 0 Å². The maximum atomic E-state index is 10.4. The predicted molar refractivity (Wildman–Crippen MR) is 120 cm³/mol. The van der Waals surface area contributed by atoms with E-state index in [1.165, 1.54) is 7.11 Å². The summed E-state index contributed by atoms with van der Waals surface area (Å²) in [6, 6.07) is 5.53. The van der Waals surface area contributed by atoms with E-state index >= 15 is 0 Å². The Morgan fingerprint density at radius 3 is 2.03 bits per heavy atom. The molecule has 4 rings (SSSR count). The predicted octanol–water partition coefficient (Wildman–Crippen LogP) is 0.665. The lowest BCUT2D eigenvalue weighted by Crippen LogP contribution is -2.60. The Morgan fingerprint density at radius 1 is 0.765 bits per heavy atom. The van der Waals surface area contributed by atoms with Gasteiger partial charge in [-0.05, 0) is 47.7 Å². The molecule has 1 aliphatic heterocycles. The van der Waals surface area contributed by atoms with Crippen LogP contribution in [0.25, 0.3) is 11.1 Å². The van der Waals surface area contributed by atoms with Gasteiger partial charge in [0.25, 0.3) is 0 Å². The van der Waals surface area contributed by atoms with Crippen LogP contribution in [0.15, 0.2) is 18.2 Å². The zero-order valence-corrected chi connectivity index (χ0v) is 19.5. The fraction of sp³-hybridized carbons (Fsp3) is 0.500. The van der Waals surface area contributed by atoms with E-state index < -0.39 is 37.3 Å². The summed E-state index contributed by atoms with van der Waals surface area (Å²) in [5.74, 6) is 2.25. The molecular formula is C24H30O10. The van der Waals surface area contributed by atoms with E-state index in [0.29, 0.717) is 35.8 Å². The zero-order chi connectivity index (χ0) is 24.6. The van der Waals surface area contributed by atoms with Gasteiger partial charge in [-0.15, -0.1) is 0 Å². The summed E-state index contributed by atoms with van der Waals surface area (Å²) in [5.41, 5.74) is 3.71. The van der Waals surface area contributed by atoms with Gasteiger partial charge in [0.15, 0.2) is 23.0 Å². The number of ether oxygens (including phenoxy) is 6. The van der Waals surface area contributed by atoms with Crippen LogP contribution in [0, 0.1) is 0 Å². The van der Waals surface area contributed by atoms with Crippen molar-refractivity contribution >= 4 is 0 Å². The summed E-state index contributed by atoms with van der Waals surface area (Å²) in [6.45, 7) is -0.548. The normalized spacial score (nSPS) is 25.7. The number of hydrogen-bond donors (Lipinski definition) is 4. The van der Waals surface area contributed by atoms with E-state index in [4.69, 9.17) is 28.4 Å². The molecule has 2 aliphatic rings. The molecule has 0 unspecified atom stereocenters. The molecule has 10 nitrogen and oxygen atoms in total. The third-order valence-electron chi connectivity index (χ3n) is 6.33. The molecule has 186 valence electrons. The Kier molecular flexibility index (Phi) is 7.06. The van der Waals surface area contributed by atoms with E-state index in [0.717, 1.165) is 22.3 Å². The molecule has 0 spiro atoms. The van der Waals surface area contributed by atoms with Gasteiger partial charge in [-0.1, -0.05) is 0 Å². The van der Waals surface area contributed by atoms with Crippen LogP contribution in [0.5, 0.6) is 28.7 Å². The summed E-state index contributed by atoms with van der Waals surface area (Å²) in [4.78, 5) is 0. The molecule has 1 heterocycles. The Labute approximate surface area is 197 Å². The summed E-state index contributed by atoms with van der Waals surface area (Å²) in [5, 5.41) is 39.9. The Hall–Kier alpha value is -2.76. The molecule has 0 bridgehead atoms. The molecule has 1 fully saturated rings. The van der Waals surface area contributed by atoms with Crippen molar-refractivity contribution < 1.29 is 48.8 Å². The molecule has 4 N–H and O–H groups in total. The Balaban J connectivity index is 1.76. The number of aliphatic hydroxyl groups excluding tert-OH is 4. The molecule has 0 radical (unpaired) electrons. The van der Waals surface area contributed by atoms with Crippen molar-refractivity contribution in [3.63, 3.8) is 0 Å². The molecule has 5 atom stereocenters. The number of rotatable bonds is 7. The average Bonchev–Trinajstić information content (AvgIpc) is 2.86. The minimum Gasteiger partial charge on any atom is -0.493 e.